The molecule has 1 amide bonds. The molecular formula is C18H21N3O. The number of amides is 1. The molecule has 4 heteroatoms. The number of nitrogens with zero attached hydrogens (tertiary/aromatic N) is 2. The Morgan fingerprint density at radius 1 is 1.18 bits per heavy atom. The fourth-order valence-corrected chi connectivity index (χ4v) is 2.80. The molecular weight excluding hydrogens is 274 g/mol. The molecule has 0 fully saturated rings. The second-order valence-electron chi connectivity index (χ2n) is 5.68. The predicted octanol–water partition coefficient (Wildman–Crippen LogP) is 2.15. The van der Waals surface area contributed by atoms with Gasteiger partial charge in [-0.1, -0.05) is 30.3 Å². The van der Waals surface area contributed by atoms with E-state index in [1.54, 1.807) is 12.4 Å². The molecule has 114 valence electrons. The van der Waals surface area contributed by atoms with Crippen molar-refractivity contribution >= 4 is 5.91 Å². The Labute approximate surface area is 131 Å². The zero-order valence-electron chi connectivity index (χ0n) is 12.7. The fourth-order valence-electron chi connectivity index (χ4n) is 2.80. The first kappa shape index (κ1) is 14.7. The van der Waals surface area contributed by atoms with Gasteiger partial charge >= 0.3 is 0 Å². The molecule has 1 aromatic carbocycles. The van der Waals surface area contributed by atoms with Crippen molar-refractivity contribution in [1.29, 1.82) is 0 Å². The van der Waals surface area contributed by atoms with Crippen LogP contribution in [0.25, 0.3) is 0 Å². The van der Waals surface area contributed by atoms with Crippen LogP contribution in [0, 0.1) is 0 Å². The summed E-state index contributed by atoms with van der Waals surface area (Å²) < 4.78 is 0. The quantitative estimate of drug-likeness (QED) is 0.919. The Bertz CT molecular complexity index is 627. The van der Waals surface area contributed by atoms with Crippen molar-refractivity contribution < 1.29 is 4.79 Å². The van der Waals surface area contributed by atoms with Crippen molar-refractivity contribution in [3.8, 4) is 0 Å². The summed E-state index contributed by atoms with van der Waals surface area (Å²) >= 11 is 0. The van der Waals surface area contributed by atoms with Crippen LogP contribution in [0.1, 0.15) is 23.1 Å². The van der Waals surface area contributed by atoms with Crippen LogP contribution in [0.4, 0.5) is 0 Å². The van der Waals surface area contributed by atoms with E-state index < -0.39 is 0 Å². The highest BCUT2D eigenvalue weighted by molar-refractivity contribution is 5.76. The summed E-state index contributed by atoms with van der Waals surface area (Å²) in [5, 5.41) is 2.95. The maximum absolute atomic E-state index is 11.9. The third-order valence-electron chi connectivity index (χ3n) is 4.08. The number of benzene rings is 1. The normalized spacial score (nSPS) is 14.4. The monoisotopic (exact) mass is 295 g/mol. The van der Waals surface area contributed by atoms with Crippen LogP contribution in [0.5, 0.6) is 0 Å². The maximum atomic E-state index is 11.9. The van der Waals surface area contributed by atoms with Gasteiger partial charge in [-0.25, -0.2) is 0 Å². The molecule has 1 aromatic heterocycles. The summed E-state index contributed by atoms with van der Waals surface area (Å²) in [7, 11) is 0. The van der Waals surface area contributed by atoms with E-state index in [4.69, 9.17) is 0 Å². The Kier molecular flexibility index (Phi) is 4.81. The predicted molar refractivity (Wildman–Crippen MR) is 86.1 cm³/mol. The smallest absolute Gasteiger partial charge is 0.221 e. The minimum atomic E-state index is 0.0997. The third kappa shape index (κ3) is 3.92. The van der Waals surface area contributed by atoms with Gasteiger partial charge in [0.2, 0.25) is 5.91 Å². The average Bonchev–Trinajstić information content (AvgIpc) is 2.59. The van der Waals surface area contributed by atoms with Gasteiger partial charge in [0.15, 0.2) is 0 Å². The summed E-state index contributed by atoms with van der Waals surface area (Å²) in [5.74, 6) is 0.0997. The van der Waals surface area contributed by atoms with Crippen LogP contribution >= 0.6 is 0 Å². The van der Waals surface area contributed by atoms with Crippen LogP contribution in [-0.2, 0) is 24.3 Å². The van der Waals surface area contributed by atoms with E-state index in [1.807, 2.05) is 12.1 Å². The largest absolute Gasteiger partial charge is 0.352 e. The zero-order valence-corrected chi connectivity index (χ0v) is 12.7. The molecule has 0 aliphatic carbocycles. The lowest BCUT2D eigenvalue weighted by molar-refractivity contribution is -0.121. The summed E-state index contributed by atoms with van der Waals surface area (Å²) in [6.07, 6.45) is 5.14. The molecule has 3 rings (SSSR count). The van der Waals surface area contributed by atoms with Gasteiger partial charge in [0, 0.05) is 45.0 Å². The fraction of sp³-hybridized carbons (Fsp3) is 0.333. The highest BCUT2D eigenvalue weighted by Crippen LogP contribution is 2.18. The molecule has 0 saturated heterocycles. The molecule has 2 heterocycles. The topological polar surface area (TPSA) is 45.2 Å². The highest BCUT2D eigenvalue weighted by atomic mass is 16.1. The lowest BCUT2D eigenvalue weighted by Gasteiger charge is -2.28. The Morgan fingerprint density at radius 2 is 2.05 bits per heavy atom. The SMILES string of the molecule is O=C(CCN1CCc2ccccc2C1)NCc1cccnc1. The van der Waals surface area contributed by atoms with Crippen molar-refractivity contribution in [1.82, 2.24) is 15.2 Å². The van der Waals surface area contributed by atoms with E-state index in [0.29, 0.717) is 13.0 Å². The Hall–Kier alpha value is -2.20. The van der Waals surface area contributed by atoms with Crippen LogP contribution in [-0.4, -0.2) is 28.9 Å². The number of carbonyl (C=O) groups excluding carboxylic acids is 1. The first-order valence-corrected chi connectivity index (χ1v) is 7.76. The lowest BCUT2D eigenvalue weighted by atomic mass is 10.00. The van der Waals surface area contributed by atoms with Crippen molar-refractivity contribution in [3.63, 3.8) is 0 Å². The van der Waals surface area contributed by atoms with E-state index in [-0.39, 0.29) is 5.91 Å². The van der Waals surface area contributed by atoms with Gasteiger partial charge in [-0.15, -0.1) is 0 Å². The number of hydrogen-bond acceptors (Lipinski definition) is 3. The standard InChI is InChI=1S/C18H21N3O/c22-18(20-13-15-4-3-9-19-12-15)8-11-21-10-7-16-5-1-2-6-17(16)14-21/h1-6,9,12H,7-8,10-11,13-14H2,(H,20,22). The second-order valence-corrected chi connectivity index (χ2v) is 5.68. The van der Waals surface area contributed by atoms with Crippen molar-refractivity contribution in [2.45, 2.75) is 25.9 Å². The molecule has 1 aliphatic rings. The molecule has 22 heavy (non-hydrogen) atoms. The molecule has 0 saturated carbocycles. The number of rotatable bonds is 5. The van der Waals surface area contributed by atoms with E-state index in [1.165, 1.54) is 11.1 Å². The third-order valence-corrected chi connectivity index (χ3v) is 4.08. The maximum Gasteiger partial charge on any atom is 0.221 e. The first-order chi connectivity index (χ1) is 10.8. The number of nitrogens with one attached hydrogen (secondary N) is 1. The minimum Gasteiger partial charge on any atom is -0.352 e. The first-order valence-electron chi connectivity index (χ1n) is 7.76. The molecule has 1 N–H and O–H groups in total. The van der Waals surface area contributed by atoms with Gasteiger partial charge in [-0.05, 0) is 29.2 Å². The van der Waals surface area contributed by atoms with Crippen LogP contribution in [0.3, 0.4) is 0 Å². The van der Waals surface area contributed by atoms with E-state index in [0.717, 1.165) is 31.6 Å². The second kappa shape index (κ2) is 7.18. The van der Waals surface area contributed by atoms with Gasteiger partial charge in [-0.3, -0.25) is 14.7 Å². The van der Waals surface area contributed by atoms with Crippen LogP contribution in [0.2, 0.25) is 0 Å². The molecule has 2 aromatic rings. The number of hydrogen-bond donors (Lipinski definition) is 1. The molecule has 0 spiro atoms. The molecule has 0 radical (unpaired) electrons. The summed E-state index contributed by atoms with van der Waals surface area (Å²) in [6, 6.07) is 12.4. The summed E-state index contributed by atoms with van der Waals surface area (Å²) in [5.41, 5.74) is 3.87. The Morgan fingerprint density at radius 3 is 2.86 bits per heavy atom. The molecule has 4 nitrogen and oxygen atoms in total. The van der Waals surface area contributed by atoms with E-state index >= 15 is 0 Å². The Balaban J connectivity index is 1.42. The van der Waals surface area contributed by atoms with Gasteiger partial charge in [0.25, 0.3) is 0 Å². The zero-order chi connectivity index (χ0) is 15.2. The molecule has 1 aliphatic heterocycles. The number of fused-ring (bicyclic) bond motifs is 1. The minimum absolute atomic E-state index is 0.0997. The van der Waals surface area contributed by atoms with Gasteiger partial charge < -0.3 is 5.32 Å². The number of pyridine rings is 1. The van der Waals surface area contributed by atoms with Crippen molar-refractivity contribution in [2.75, 3.05) is 13.1 Å². The van der Waals surface area contributed by atoms with Gasteiger partial charge in [-0.2, -0.15) is 0 Å². The molecule has 0 bridgehead atoms. The van der Waals surface area contributed by atoms with E-state index in [2.05, 4.69) is 39.5 Å². The van der Waals surface area contributed by atoms with Crippen LogP contribution in [0.15, 0.2) is 48.8 Å². The van der Waals surface area contributed by atoms with Gasteiger partial charge in [0.1, 0.15) is 0 Å². The summed E-state index contributed by atoms with van der Waals surface area (Å²) in [6.45, 7) is 3.35. The van der Waals surface area contributed by atoms with Gasteiger partial charge in [0.05, 0.1) is 0 Å². The van der Waals surface area contributed by atoms with Crippen LogP contribution < -0.4 is 5.32 Å². The summed E-state index contributed by atoms with van der Waals surface area (Å²) in [4.78, 5) is 18.3. The molecule has 0 atom stereocenters. The lowest BCUT2D eigenvalue weighted by Crippen LogP contribution is -2.34. The number of carbonyl (C=O) groups is 1. The average molecular weight is 295 g/mol. The van der Waals surface area contributed by atoms with E-state index in [9.17, 15) is 4.79 Å². The van der Waals surface area contributed by atoms with Crippen molar-refractivity contribution in [3.05, 3.63) is 65.5 Å². The number of aromatic nitrogens is 1. The molecule has 0 unspecified atom stereocenters. The highest BCUT2D eigenvalue weighted by Gasteiger charge is 2.16. The van der Waals surface area contributed by atoms with Crippen molar-refractivity contribution in [2.24, 2.45) is 0 Å².